The highest BCUT2D eigenvalue weighted by atomic mass is 14.7. The molecule has 0 saturated heterocycles. The van der Waals surface area contributed by atoms with Crippen LogP contribution in [0.5, 0.6) is 0 Å². The summed E-state index contributed by atoms with van der Waals surface area (Å²) < 4.78 is 0. The molecule has 18 aliphatic carbocycles. The Morgan fingerprint density at radius 2 is 0.133 bits per heavy atom. The molecule has 0 N–H and O–H groups in total. The van der Waals surface area contributed by atoms with E-state index in [0.29, 0.717) is 0 Å². The van der Waals surface area contributed by atoms with Crippen molar-refractivity contribution >= 4 is 0 Å². The van der Waals surface area contributed by atoms with Crippen LogP contribution in [0.4, 0.5) is 0 Å². The SMILES string of the molecule is C1C2CC3CC4C[C@H]5C[C@H]6C[C@H]7C[C@H]8C[C@H]9C[C@@H]%10CC%11CC%12CC1C1C%13CC%14CC(CC%15C[C@H](C[C@@H]%16C[C@H](C[C@@H]%17C[C@H](C[C@H]%18CC(CC(C%13)C%121)C%11C%10%18)C9C8%17)C7C%166)C5C4%15)C3C2%14. The molecule has 0 amide bonds. The van der Waals surface area contributed by atoms with Gasteiger partial charge in [0.05, 0.1) is 0 Å². The molecule has 324 valence electrons. The van der Waals surface area contributed by atoms with Crippen LogP contribution in [-0.2, 0) is 0 Å². The quantitative estimate of drug-likeness (QED) is 0.229. The summed E-state index contributed by atoms with van der Waals surface area (Å²) in [5, 5.41) is 0. The highest BCUT2D eigenvalue weighted by Crippen LogP contribution is 2.77. The van der Waals surface area contributed by atoms with Crippen molar-refractivity contribution in [1.29, 1.82) is 0 Å². The number of hydrogen-bond donors (Lipinski definition) is 0. The third-order valence-corrected chi connectivity index (χ3v) is 30.3. The molecule has 0 unspecified atom stereocenters. The lowest BCUT2D eigenvalue weighted by Crippen LogP contribution is -2.32. The van der Waals surface area contributed by atoms with Crippen molar-refractivity contribution < 1.29 is 0 Å². The topological polar surface area (TPSA) is 0 Å². The average molecular weight is 805 g/mol. The van der Waals surface area contributed by atoms with E-state index in [1.807, 2.05) is 0 Å². The molecule has 0 bridgehead atoms. The lowest BCUT2D eigenvalue weighted by molar-refractivity contribution is 0.101. The molecular formula is C60H84. The molecule has 0 aromatic rings. The Balaban J connectivity index is 0.767. The van der Waals surface area contributed by atoms with Gasteiger partial charge in [-0.2, -0.15) is 0 Å². The Labute approximate surface area is 365 Å². The van der Waals surface area contributed by atoms with Crippen LogP contribution in [0.25, 0.3) is 0 Å². The van der Waals surface area contributed by atoms with Crippen molar-refractivity contribution in [1.82, 2.24) is 0 Å². The molecule has 18 saturated carbocycles. The van der Waals surface area contributed by atoms with Crippen molar-refractivity contribution in [2.45, 2.75) is 154 Å². The number of rotatable bonds is 0. The third-order valence-electron chi connectivity index (χ3n) is 30.3. The Morgan fingerprint density at radius 1 is 0.0833 bits per heavy atom. The Hall–Kier alpha value is 0. The van der Waals surface area contributed by atoms with Crippen molar-refractivity contribution in [3.05, 3.63) is 0 Å². The molecule has 0 radical (unpaired) electrons. The molecule has 0 atom stereocenters. The minimum absolute atomic E-state index is 1.16. The summed E-state index contributed by atoms with van der Waals surface area (Å²) in [6, 6.07) is 0. The fourth-order valence-corrected chi connectivity index (χ4v) is 31.3. The lowest BCUT2D eigenvalue weighted by atomic mass is 9.67. The summed E-state index contributed by atoms with van der Waals surface area (Å²) in [5.41, 5.74) is 0. The van der Waals surface area contributed by atoms with E-state index in [1.165, 1.54) is 71.0 Å². The van der Waals surface area contributed by atoms with Crippen molar-refractivity contribution in [2.75, 3.05) is 0 Å². The maximum Gasteiger partial charge on any atom is -0.0323 e. The maximum absolute atomic E-state index is 1.75. The predicted octanol–water partition coefficient (Wildman–Crippen LogP) is 13.8. The number of hydrogen-bond acceptors (Lipinski definition) is 0. The zero-order valence-electron chi connectivity index (χ0n) is 37.8. The summed E-state index contributed by atoms with van der Waals surface area (Å²) in [5.74, 6) is 42.1. The van der Waals surface area contributed by atoms with Crippen LogP contribution in [0.1, 0.15) is 154 Å². The molecule has 0 heteroatoms. The second-order valence-electron chi connectivity index (χ2n) is 30.8. The van der Waals surface area contributed by atoms with Gasteiger partial charge >= 0.3 is 0 Å². The largest absolute Gasteiger partial charge is 0.0470 e. The second kappa shape index (κ2) is 11.4. The molecule has 0 nitrogen and oxygen atoms in total. The van der Waals surface area contributed by atoms with E-state index in [4.69, 9.17) is 0 Å². The van der Waals surface area contributed by atoms with Crippen LogP contribution in [0.3, 0.4) is 0 Å². The zero-order chi connectivity index (χ0) is 37.8. The molecule has 18 rings (SSSR count). The van der Waals surface area contributed by atoms with Gasteiger partial charge in [0.1, 0.15) is 0 Å². The van der Waals surface area contributed by atoms with Crippen LogP contribution in [0.2, 0.25) is 0 Å². The van der Waals surface area contributed by atoms with Gasteiger partial charge in [0.2, 0.25) is 0 Å². The fourth-order valence-electron chi connectivity index (χ4n) is 31.3. The minimum Gasteiger partial charge on any atom is -0.0470 e. The first-order valence-corrected chi connectivity index (χ1v) is 29.6. The van der Waals surface area contributed by atoms with Crippen molar-refractivity contribution in [3.63, 3.8) is 0 Å². The van der Waals surface area contributed by atoms with Gasteiger partial charge < -0.3 is 0 Å². The van der Waals surface area contributed by atoms with Gasteiger partial charge in [0, 0.05) is 0 Å². The van der Waals surface area contributed by atoms with E-state index in [0.717, 1.165) is 142 Å². The third kappa shape index (κ3) is 4.04. The molecule has 60 heavy (non-hydrogen) atoms. The summed E-state index contributed by atoms with van der Waals surface area (Å²) in [4.78, 5) is 0. The van der Waals surface area contributed by atoms with Gasteiger partial charge in [-0.3, -0.25) is 0 Å². The monoisotopic (exact) mass is 805 g/mol. The first-order chi connectivity index (χ1) is 29.6. The van der Waals surface area contributed by atoms with E-state index in [2.05, 4.69) is 0 Å². The first kappa shape index (κ1) is 34.3. The fraction of sp³-hybridized carbons (Fsp3) is 1.00. The lowest BCUT2D eigenvalue weighted by Gasteiger charge is -2.38. The first-order valence-electron chi connectivity index (χ1n) is 29.6. The van der Waals surface area contributed by atoms with Crippen LogP contribution in [0, 0.1) is 213 Å². The van der Waals surface area contributed by atoms with E-state index in [9.17, 15) is 0 Å². The van der Waals surface area contributed by atoms with E-state index < -0.39 is 0 Å². The molecule has 0 aromatic carbocycles. The molecule has 0 aliphatic heterocycles. The predicted molar refractivity (Wildman–Crippen MR) is 236 cm³/mol. The molecule has 18 aliphatic rings. The van der Waals surface area contributed by atoms with E-state index in [-0.39, 0.29) is 0 Å². The maximum atomic E-state index is 1.75. The standard InChI is InChI=1S/C60H84/c1-25-13-27-2-31-17-37-7-41-21-45-11-46-22-42-8-38-18-32-3-28-14-26(1)50-30-4-29(49(25)50)15-33-5-35(53(31)51(27)33)19-39-9-43(57(41)55(37)39)23-47-12-48(60(46)59(45)47)24-44-10-40(56(38)58(42)44)20-36-6-34(16-30)52(28)54(32)36/h25-60H,1-24H2/t25-,26+,27-,28-,29+,30-,31?,32+,33+,34+,35?,36-,37?,38-,39?,40+,41?,42?,43?,44?,45?,46?,47?,48?,49?,50?,51?,52?,53?,54?,55?,56?,57?,58?,59?,60?. The Bertz CT molecular complexity index is 1290. The molecule has 0 aromatic heterocycles. The summed E-state index contributed by atoms with van der Waals surface area (Å²) >= 11 is 0. The van der Waals surface area contributed by atoms with Gasteiger partial charge in [-0.1, -0.05) is 0 Å². The van der Waals surface area contributed by atoms with Gasteiger partial charge in [-0.15, -0.1) is 0 Å². The molecule has 0 spiro atoms. The van der Waals surface area contributed by atoms with Crippen LogP contribution >= 0.6 is 0 Å². The molecular weight excluding hydrogens is 721 g/mol. The van der Waals surface area contributed by atoms with Gasteiger partial charge in [0.25, 0.3) is 0 Å². The summed E-state index contributed by atoms with van der Waals surface area (Å²) in [7, 11) is 0. The summed E-state index contributed by atoms with van der Waals surface area (Å²) in [6.45, 7) is 0. The van der Waals surface area contributed by atoms with Gasteiger partial charge in [-0.25, -0.2) is 0 Å². The second-order valence-corrected chi connectivity index (χ2v) is 30.8. The normalized spacial score (nSPS) is 74.4. The van der Waals surface area contributed by atoms with Crippen LogP contribution in [-0.4, -0.2) is 0 Å². The van der Waals surface area contributed by atoms with Crippen molar-refractivity contribution in [2.24, 2.45) is 213 Å². The van der Waals surface area contributed by atoms with Crippen molar-refractivity contribution in [3.8, 4) is 0 Å². The van der Waals surface area contributed by atoms with E-state index in [1.54, 1.807) is 154 Å². The minimum atomic E-state index is 1.16. The highest BCUT2D eigenvalue weighted by molar-refractivity contribution is 5.19. The Kier molecular flexibility index (Phi) is 6.52. The van der Waals surface area contributed by atoms with Gasteiger partial charge in [0.15, 0.2) is 0 Å². The van der Waals surface area contributed by atoms with Crippen LogP contribution in [0.15, 0.2) is 0 Å². The highest BCUT2D eigenvalue weighted by Gasteiger charge is 2.70. The molecule has 0 heterocycles. The Morgan fingerprint density at radius 3 is 0.183 bits per heavy atom. The average Bonchev–Trinajstić information content (AvgIpc) is 4.03. The van der Waals surface area contributed by atoms with E-state index >= 15 is 0 Å². The van der Waals surface area contributed by atoms with Gasteiger partial charge in [-0.05, 0) is 367 Å². The van der Waals surface area contributed by atoms with Crippen LogP contribution < -0.4 is 0 Å². The summed E-state index contributed by atoms with van der Waals surface area (Å²) in [6.07, 6.45) is 41.9. The molecule has 18 fully saturated rings. The smallest absolute Gasteiger partial charge is 0.0323 e. The zero-order valence-corrected chi connectivity index (χ0v) is 37.8.